The Labute approximate surface area is 118 Å². The van der Waals surface area contributed by atoms with Gasteiger partial charge in [0.2, 0.25) is 6.20 Å². The number of hydrogen-bond acceptors (Lipinski definition) is 2. The second-order valence-electron chi connectivity index (χ2n) is 3.65. The van der Waals surface area contributed by atoms with Crippen molar-refractivity contribution in [3.8, 4) is 0 Å². The van der Waals surface area contributed by atoms with Crippen LogP contribution < -0.4 is 10.0 Å². The Kier molecular flexibility index (Phi) is 3.87. The third-order valence-corrected chi connectivity index (χ3v) is 3.01. The van der Waals surface area contributed by atoms with Gasteiger partial charge in [-0.2, -0.15) is 4.73 Å². The van der Waals surface area contributed by atoms with Crippen LogP contribution in [0.25, 0.3) is 0 Å². The zero-order chi connectivity index (χ0) is 14.0. The first-order valence-corrected chi connectivity index (χ1v) is 5.87. The number of anilines is 1. The first-order valence-electron chi connectivity index (χ1n) is 5.12. The minimum Gasteiger partial charge on any atom is -0.619 e. The number of benzene rings is 1. The van der Waals surface area contributed by atoms with Crippen LogP contribution in [0, 0.1) is 11.0 Å². The maximum atomic E-state index is 13.6. The first-order chi connectivity index (χ1) is 8.97. The molecular formula is C12H7Cl2FN2O2. The Morgan fingerprint density at radius 1 is 1.32 bits per heavy atom. The molecule has 0 atom stereocenters. The molecule has 0 fully saturated rings. The SMILES string of the molecule is O=C(Nc1ccc[n+]([O-])c1)c1cc(Cl)c(Cl)cc1F. The van der Waals surface area contributed by atoms with E-state index in [1.165, 1.54) is 18.3 Å². The average molecular weight is 301 g/mol. The molecule has 1 amide bonds. The number of amides is 1. The molecule has 0 aliphatic rings. The Balaban J connectivity index is 2.28. The van der Waals surface area contributed by atoms with E-state index in [0.29, 0.717) is 4.73 Å². The van der Waals surface area contributed by atoms with E-state index in [-0.39, 0.29) is 21.3 Å². The number of halogens is 3. The molecule has 1 N–H and O–H groups in total. The van der Waals surface area contributed by atoms with Crippen molar-refractivity contribution in [1.82, 2.24) is 0 Å². The lowest BCUT2D eigenvalue weighted by atomic mass is 10.2. The molecule has 2 rings (SSSR count). The predicted octanol–water partition coefficient (Wildman–Crippen LogP) is 3.02. The number of nitrogens with zero attached hydrogens (tertiary/aromatic N) is 1. The van der Waals surface area contributed by atoms with Crippen LogP contribution in [-0.2, 0) is 0 Å². The molecule has 1 heterocycles. The molecule has 1 aromatic carbocycles. The third kappa shape index (κ3) is 3.13. The van der Waals surface area contributed by atoms with Gasteiger partial charge in [0.15, 0.2) is 6.20 Å². The number of aromatic nitrogens is 1. The van der Waals surface area contributed by atoms with E-state index in [1.54, 1.807) is 0 Å². The van der Waals surface area contributed by atoms with Crippen LogP contribution in [0.15, 0.2) is 36.7 Å². The lowest BCUT2D eigenvalue weighted by molar-refractivity contribution is -0.604. The monoisotopic (exact) mass is 300 g/mol. The van der Waals surface area contributed by atoms with Crippen LogP contribution in [0.4, 0.5) is 10.1 Å². The van der Waals surface area contributed by atoms with Crippen LogP contribution in [-0.4, -0.2) is 5.91 Å². The van der Waals surface area contributed by atoms with E-state index in [0.717, 1.165) is 18.3 Å². The number of carbonyl (C=O) groups is 1. The summed E-state index contributed by atoms with van der Waals surface area (Å²) in [5, 5.41) is 13.5. The van der Waals surface area contributed by atoms with E-state index in [1.807, 2.05) is 0 Å². The summed E-state index contributed by atoms with van der Waals surface area (Å²) < 4.78 is 14.1. The minimum atomic E-state index is -0.794. The number of pyridine rings is 1. The zero-order valence-electron chi connectivity index (χ0n) is 9.36. The maximum Gasteiger partial charge on any atom is 0.258 e. The Morgan fingerprint density at radius 2 is 2.00 bits per heavy atom. The second-order valence-corrected chi connectivity index (χ2v) is 4.47. The smallest absolute Gasteiger partial charge is 0.258 e. The Bertz CT molecular complexity index is 650. The summed E-state index contributed by atoms with van der Waals surface area (Å²) in [6.07, 6.45) is 2.41. The van der Waals surface area contributed by atoms with E-state index in [2.05, 4.69) is 5.32 Å². The molecule has 19 heavy (non-hydrogen) atoms. The van der Waals surface area contributed by atoms with Crippen LogP contribution in [0.1, 0.15) is 10.4 Å². The topological polar surface area (TPSA) is 56.0 Å². The largest absolute Gasteiger partial charge is 0.619 e. The molecule has 7 heteroatoms. The Hall–Kier alpha value is -1.85. The van der Waals surface area contributed by atoms with E-state index in [4.69, 9.17) is 23.2 Å². The van der Waals surface area contributed by atoms with Crippen LogP contribution in [0.2, 0.25) is 10.0 Å². The highest BCUT2D eigenvalue weighted by molar-refractivity contribution is 6.42. The van der Waals surface area contributed by atoms with Gasteiger partial charge in [-0.1, -0.05) is 23.2 Å². The van der Waals surface area contributed by atoms with Crippen molar-refractivity contribution in [2.24, 2.45) is 0 Å². The van der Waals surface area contributed by atoms with Crippen molar-refractivity contribution in [3.05, 3.63) is 63.3 Å². The van der Waals surface area contributed by atoms with Gasteiger partial charge in [-0.15, -0.1) is 0 Å². The van der Waals surface area contributed by atoms with Crippen molar-refractivity contribution in [2.45, 2.75) is 0 Å². The quantitative estimate of drug-likeness (QED) is 0.526. The van der Waals surface area contributed by atoms with Gasteiger partial charge in [-0.25, -0.2) is 4.39 Å². The van der Waals surface area contributed by atoms with Crippen LogP contribution in [0.5, 0.6) is 0 Å². The number of rotatable bonds is 2. The van der Waals surface area contributed by atoms with Crippen molar-refractivity contribution in [3.63, 3.8) is 0 Å². The summed E-state index contributed by atoms with van der Waals surface area (Å²) in [7, 11) is 0. The summed E-state index contributed by atoms with van der Waals surface area (Å²) >= 11 is 11.3. The van der Waals surface area contributed by atoms with Crippen LogP contribution >= 0.6 is 23.2 Å². The lowest BCUT2D eigenvalue weighted by Crippen LogP contribution is -2.25. The highest BCUT2D eigenvalue weighted by Crippen LogP contribution is 2.25. The molecule has 0 aliphatic heterocycles. The van der Waals surface area contributed by atoms with Gasteiger partial charge in [0.1, 0.15) is 11.5 Å². The third-order valence-electron chi connectivity index (χ3n) is 2.29. The van der Waals surface area contributed by atoms with Crippen molar-refractivity contribution in [1.29, 1.82) is 0 Å². The molecule has 0 bridgehead atoms. The fraction of sp³-hybridized carbons (Fsp3) is 0. The molecule has 98 valence electrons. The van der Waals surface area contributed by atoms with Gasteiger partial charge in [-0.3, -0.25) is 4.79 Å². The second kappa shape index (κ2) is 5.42. The molecule has 1 aromatic heterocycles. The molecule has 0 aliphatic carbocycles. The van der Waals surface area contributed by atoms with Gasteiger partial charge in [0.25, 0.3) is 5.91 Å². The number of carbonyl (C=O) groups excluding carboxylic acids is 1. The number of hydrogen-bond donors (Lipinski definition) is 1. The molecule has 0 spiro atoms. The molecule has 0 saturated carbocycles. The van der Waals surface area contributed by atoms with Gasteiger partial charge in [0.05, 0.1) is 15.6 Å². The number of nitrogens with one attached hydrogen (secondary N) is 1. The van der Waals surface area contributed by atoms with Gasteiger partial charge >= 0.3 is 0 Å². The normalized spacial score (nSPS) is 10.3. The van der Waals surface area contributed by atoms with Gasteiger partial charge in [-0.05, 0) is 18.2 Å². The molecule has 0 radical (unpaired) electrons. The van der Waals surface area contributed by atoms with Gasteiger partial charge in [0, 0.05) is 6.07 Å². The highest BCUT2D eigenvalue weighted by Gasteiger charge is 2.15. The first kappa shape index (κ1) is 13.6. The highest BCUT2D eigenvalue weighted by atomic mass is 35.5. The van der Waals surface area contributed by atoms with E-state index >= 15 is 0 Å². The molecule has 0 saturated heterocycles. The summed E-state index contributed by atoms with van der Waals surface area (Å²) in [6.45, 7) is 0. The van der Waals surface area contributed by atoms with Crippen molar-refractivity contribution >= 4 is 34.8 Å². The fourth-order valence-electron chi connectivity index (χ4n) is 1.42. The summed E-state index contributed by atoms with van der Waals surface area (Å²) in [5.74, 6) is -1.51. The average Bonchev–Trinajstić information content (AvgIpc) is 2.33. The summed E-state index contributed by atoms with van der Waals surface area (Å²) in [4.78, 5) is 11.8. The van der Waals surface area contributed by atoms with E-state index in [9.17, 15) is 14.4 Å². The molecule has 2 aromatic rings. The van der Waals surface area contributed by atoms with Crippen molar-refractivity contribution in [2.75, 3.05) is 5.32 Å². The molecule has 0 unspecified atom stereocenters. The minimum absolute atomic E-state index is 0.0211. The van der Waals surface area contributed by atoms with Gasteiger partial charge < -0.3 is 10.5 Å². The van der Waals surface area contributed by atoms with Crippen molar-refractivity contribution < 1.29 is 13.9 Å². The summed E-state index contributed by atoms with van der Waals surface area (Å²) in [5.41, 5.74) is -0.0105. The Morgan fingerprint density at radius 3 is 2.68 bits per heavy atom. The fourth-order valence-corrected chi connectivity index (χ4v) is 1.74. The lowest BCUT2D eigenvalue weighted by Gasteiger charge is -2.07. The van der Waals surface area contributed by atoms with E-state index < -0.39 is 11.7 Å². The van der Waals surface area contributed by atoms with Crippen LogP contribution in [0.3, 0.4) is 0 Å². The molecule has 4 nitrogen and oxygen atoms in total. The summed E-state index contributed by atoms with van der Waals surface area (Å²) in [6, 6.07) is 5.04. The standard InChI is InChI=1S/C12H7Cl2FN2O2/c13-9-4-8(11(15)5-10(9)14)12(18)16-7-2-1-3-17(19)6-7/h1-6H,(H,16,18). The zero-order valence-corrected chi connectivity index (χ0v) is 10.9. The molecular weight excluding hydrogens is 294 g/mol. The predicted molar refractivity (Wildman–Crippen MR) is 69.8 cm³/mol. The maximum absolute atomic E-state index is 13.6.